The number of furan rings is 1. The number of sulfonamides is 1. The highest BCUT2D eigenvalue weighted by Gasteiger charge is 2.29. The number of carbonyl (C=O) groups is 2. The van der Waals surface area contributed by atoms with Gasteiger partial charge in [-0.3, -0.25) is 13.9 Å². The summed E-state index contributed by atoms with van der Waals surface area (Å²) in [6.45, 7) is -0.843. The van der Waals surface area contributed by atoms with E-state index in [1.807, 2.05) is 0 Å². The van der Waals surface area contributed by atoms with Crippen LogP contribution < -0.4 is 9.62 Å². The maximum absolute atomic E-state index is 13.7. The number of aliphatic hydroxyl groups excluding tert-OH is 1. The lowest BCUT2D eigenvalue weighted by Crippen LogP contribution is -2.32. The normalized spacial score (nSPS) is 15.3. The van der Waals surface area contributed by atoms with Crippen LogP contribution >= 0.6 is 0 Å². The second-order valence-electron chi connectivity index (χ2n) is 10.1. The van der Waals surface area contributed by atoms with Crippen LogP contribution in [0.5, 0.6) is 0 Å². The summed E-state index contributed by atoms with van der Waals surface area (Å²) in [5.74, 6) is -1.13. The van der Waals surface area contributed by atoms with Gasteiger partial charge in [0.15, 0.2) is 0 Å². The number of nitrogens with one attached hydrogen (secondary N) is 1. The Morgan fingerprint density at radius 2 is 1.86 bits per heavy atom. The Labute approximate surface area is 241 Å². The van der Waals surface area contributed by atoms with Crippen molar-refractivity contribution in [2.45, 2.75) is 12.5 Å². The Kier molecular flexibility index (Phi) is 8.02. The number of aliphatic hydroxyl groups is 1. The number of fused-ring (bicyclic) bond motifs is 1. The summed E-state index contributed by atoms with van der Waals surface area (Å²) in [6.07, 6.45) is 0.824. The summed E-state index contributed by atoms with van der Waals surface area (Å²) < 4.78 is 60.0. The van der Waals surface area contributed by atoms with Crippen molar-refractivity contribution in [1.29, 1.82) is 0 Å². The standard InChI is InChI=1S/C30H29F2N3O6S/c1-33-29(37)27-24-15-23(19-4-3-5-20(14-19)30(38)34-12-10-22(36)17-34)25(35(13-11-31)42(2,39)40)16-26(24)41-28(27)18-6-8-21(32)9-7-18/h3-9,14-16,22,36H,10-13,17H2,1-2H3,(H,33,37). The molecule has 9 nitrogen and oxygen atoms in total. The summed E-state index contributed by atoms with van der Waals surface area (Å²) >= 11 is 0. The number of carbonyl (C=O) groups excluding carboxylic acids is 2. The average molecular weight is 598 g/mol. The number of benzene rings is 3. The molecule has 1 atom stereocenters. The number of alkyl halides is 1. The predicted molar refractivity (Wildman–Crippen MR) is 155 cm³/mol. The molecule has 2 amide bonds. The van der Waals surface area contributed by atoms with Crippen molar-refractivity contribution in [3.8, 4) is 22.5 Å². The summed E-state index contributed by atoms with van der Waals surface area (Å²) in [6, 6.07) is 14.9. The molecule has 0 saturated carbocycles. The smallest absolute Gasteiger partial charge is 0.255 e. The van der Waals surface area contributed by atoms with Gasteiger partial charge in [0.1, 0.15) is 23.8 Å². The van der Waals surface area contributed by atoms with Crippen molar-refractivity contribution in [2.75, 3.05) is 43.9 Å². The Hall–Kier alpha value is -4.29. The first-order chi connectivity index (χ1) is 20.0. The molecule has 4 aromatic rings. The van der Waals surface area contributed by atoms with Crippen LogP contribution in [0.1, 0.15) is 27.1 Å². The number of amides is 2. The van der Waals surface area contributed by atoms with Gasteiger partial charge in [-0.2, -0.15) is 0 Å². The van der Waals surface area contributed by atoms with E-state index in [1.165, 1.54) is 42.3 Å². The van der Waals surface area contributed by atoms with Gasteiger partial charge < -0.3 is 19.7 Å². The molecule has 220 valence electrons. The summed E-state index contributed by atoms with van der Waals surface area (Å²) in [7, 11) is -2.53. The maximum atomic E-state index is 13.7. The molecule has 1 saturated heterocycles. The molecule has 1 fully saturated rings. The number of hydrogen-bond acceptors (Lipinski definition) is 6. The van der Waals surface area contributed by atoms with E-state index in [0.29, 0.717) is 40.6 Å². The van der Waals surface area contributed by atoms with Gasteiger partial charge in [0, 0.05) is 48.3 Å². The van der Waals surface area contributed by atoms with Crippen LogP contribution in [-0.4, -0.2) is 76.0 Å². The van der Waals surface area contributed by atoms with Gasteiger partial charge in [0.2, 0.25) is 10.0 Å². The minimum Gasteiger partial charge on any atom is -0.455 e. The topological polar surface area (TPSA) is 120 Å². The van der Waals surface area contributed by atoms with E-state index in [4.69, 9.17) is 4.42 Å². The molecule has 2 N–H and O–H groups in total. The van der Waals surface area contributed by atoms with Crippen LogP contribution in [0.4, 0.5) is 14.5 Å². The molecule has 1 aliphatic heterocycles. The van der Waals surface area contributed by atoms with Crippen molar-refractivity contribution >= 4 is 38.5 Å². The predicted octanol–water partition coefficient (Wildman–Crippen LogP) is 4.21. The fourth-order valence-electron chi connectivity index (χ4n) is 5.20. The van der Waals surface area contributed by atoms with E-state index in [-0.39, 0.29) is 35.0 Å². The highest BCUT2D eigenvalue weighted by molar-refractivity contribution is 7.92. The number of hydrogen-bond donors (Lipinski definition) is 2. The fraction of sp³-hybridized carbons (Fsp3) is 0.267. The van der Waals surface area contributed by atoms with E-state index >= 15 is 0 Å². The second-order valence-corrected chi connectivity index (χ2v) is 12.0. The zero-order valence-electron chi connectivity index (χ0n) is 22.9. The molecule has 0 spiro atoms. The van der Waals surface area contributed by atoms with Gasteiger partial charge in [-0.15, -0.1) is 0 Å². The first-order valence-electron chi connectivity index (χ1n) is 13.2. The highest BCUT2D eigenvalue weighted by atomic mass is 32.2. The number of likely N-dealkylation sites (tertiary alicyclic amines) is 1. The van der Waals surface area contributed by atoms with Crippen molar-refractivity contribution in [3.05, 3.63) is 77.6 Å². The van der Waals surface area contributed by atoms with Crippen LogP contribution in [0.25, 0.3) is 33.4 Å². The molecule has 1 aromatic heterocycles. The fourth-order valence-corrected chi connectivity index (χ4v) is 6.10. The van der Waals surface area contributed by atoms with E-state index in [0.717, 1.165) is 10.6 Å². The quantitative estimate of drug-likeness (QED) is 0.314. The first kappa shape index (κ1) is 29.2. The molecule has 3 aromatic carbocycles. The molecular formula is C30H29F2N3O6S. The summed E-state index contributed by atoms with van der Waals surface area (Å²) in [5.41, 5.74) is 1.87. The van der Waals surface area contributed by atoms with Gasteiger partial charge in [-0.1, -0.05) is 12.1 Å². The average Bonchev–Trinajstić information content (AvgIpc) is 3.57. The zero-order chi connectivity index (χ0) is 30.2. The molecule has 42 heavy (non-hydrogen) atoms. The molecule has 5 rings (SSSR count). The largest absolute Gasteiger partial charge is 0.455 e. The summed E-state index contributed by atoms with van der Waals surface area (Å²) in [4.78, 5) is 27.9. The van der Waals surface area contributed by atoms with E-state index in [9.17, 15) is 31.9 Å². The monoisotopic (exact) mass is 597 g/mol. The third-order valence-corrected chi connectivity index (χ3v) is 8.37. The number of anilines is 1. The number of nitrogens with zero attached hydrogens (tertiary/aromatic N) is 2. The van der Waals surface area contributed by atoms with Gasteiger partial charge in [0.05, 0.1) is 30.2 Å². The maximum Gasteiger partial charge on any atom is 0.255 e. The Bertz CT molecular complexity index is 1770. The molecule has 0 radical (unpaired) electrons. The molecule has 0 bridgehead atoms. The van der Waals surface area contributed by atoms with Crippen molar-refractivity contribution in [3.63, 3.8) is 0 Å². The minimum absolute atomic E-state index is 0.0895. The van der Waals surface area contributed by atoms with Crippen molar-refractivity contribution in [1.82, 2.24) is 10.2 Å². The Morgan fingerprint density at radius 3 is 2.48 bits per heavy atom. The molecule has 1 aliphatic rings. The van der Waals surface area contributed by atoms with Crippen LogP contribution in [-0.2, 0) is 10.0 Å². The van der Waals surface area contributed by atoms with Crippen LogP contribution in [0.2, 0.25) is 0 Å². The van der Waals surface area contributed by atoms with Crippen LogP contribution in [0.3, 0.4) is 0 Å². The third-order valence-electron chi connectivity index (χ3n) is 7.19. The zero-order valence-corrected chi connectivity index (χ0v) is 23.7. The van der Waals surface area contributed by atoms with Gasteiger partial charge >= 0.3 is 0 Å². The van der Waals surface area contributed by atoms with Gasteiger partial charge in [0.25, 0.3) is 11.8 Å². The minimum atomic E-state index is -3.98. The molecular weight excluding hydrogens is 568 g/mol. The van der Waals surface area contributed by atoms with E-state index in [1.54, 1.807) is 30.3 Å². The van der Waals surface area contributed by atoms with Crippen LogP contribution in [0, 0.1) is 5.82 Å². The molecule has 12 heteroatoms. The lowest BCUT2D eigenvalue weighted by atomic mass is 9.97. The Balaban J connectivity index is 1.76. The lowest BCUT2D eigenvalue weighted by Gasteiger charge is -2.24. The van der Waals surface area contributed by atoms with E-state index in [2.05, 4.69) is 5.32 Å². The van der Waals surface area contributed by atoms with E-state index < -0.39 is 41.1 Å². The first-order valence-corrected chi connectivity index (χ1v) is 15.1. The van der Waals surface area contributed by atoms with Crippen molar-refractivity contribution < 1.29 is 36.3 Å². The van der Waals surface area contributed by atoms with Crippen molar-refractivity contribution in [2.24, 2.45) is 0 Å². The number of halogens is 2. The molecule has 0 aliphatic carbocycles. The number of rotatable bonds is 8. The van der Waals surface area contributed by atoms with Gasteiger partial charge in [-0.25, -0.2) is 17.2 Å². The molecule has 1 unspecified atom stereocenters. The molecule has 2 heterocycles. The van der Waals surface area contributed by atoms with Gasteiger partial charge in [-0.05, 0) is 54.4 Å². The van der Waals surface area contributed by atoms with Crippen LogP contribution in [0.15, 0.2) is 65.1 Å². The number of β-amino-alcohol motifs (C(OH)–C–C–N with tert-alkyl or cyclic N) is 1. The second kappa shape index (κ2) is 11.5. The SMILES string of the molecule is CNC(=O)c1c(-c2ccc(F)cc2)oc2cc(N(CCF)S(C)(=O)=O)c(-c3cccc(C(=O)N4CCC(O)C4)c3)cc12. The lowest BCUT2D eigenvalue weighted by molar-refractivity contribution is 0.0764. The Morgan fingerprint density at radius 1 is 1.12 bits per heavy atom. The summed E-state index contributed by atoms with van der Waals surface area (Å²) in [5, 5.41) is 12.8. The highest BCUT2D eigenvalue weighted by Crippen LogP contribution is 2.42. The third kappa shape index (κ3) is 5.59.